The van der Waals surface area contributed by atoms with Gasteiger partial charge in [0.25, 0.3) is 5.91 Å². The van der Waals surface area contributed by atoms with Crippen LogP contribution in [0.15, 0.2) is 42.5 Å². The van der Waals surface area contributed by atoms with Gasteiger partial charge in [-0.05, 0) is 55.9 Å². The summed E-state index contributed by atoms with van der Waals surface area (Å²) in [7, 11) is 2.15. The number of halogens is 1. The van der Waals surface area contributed by atoms with Gasteiger partial charge in [-0.1, -0.05) is 11.6 Å². The number of nitrogens with zero attached hydrogens (tertiary/aromatic N) is 5. The Morgan fingerprint density at radius 3 is 2.26 bits per heavy atom. The van der Waals surface area contributed by atoms with Crippen LogP contribution in [0.2, 0.25) is 5.02 Å². The van der Waals surface area contributed by atoms with Gasteiger partial charge in [-0.2, -0.15) is 5.26 Å². The van der Waals surface area contributed by atoms with Crippen LogP contribution in [0, 0.1) is 11.3 Å². The zero-order valence-corrected chi connectivity index (χ0v) is 18.5. The molecule has 3 fully saturated rings. The molecule has 3 aliphatic heterocycles. The molecule has 160 valence electrons. The lowest BCUT2D eigenvalue weighted by molar-refractivity contribution is 0.0206. The van der Waals surface area contributed by atoms with E-state index in [1.165, 1.54) is 5.69 Å². The average molecular weight is 436 g/mol. The number of likely N-dealkylation sites (tertiary alicyclic amines) is 1. The fraction of sp³-hybridized carbons (Fsp3) is 0.417. The van der Waals surface area contributed by atoms with E-state index < -0.39 is 0 Å². The number of benzene rings is 2. The summed E-state index contributed by atoms with van der Waals surface area (Å²) in [5.74, 6) is 0.0975. The van der Waals surface area contributed by atoms with Gasteiger partial charge >= 0.3 is 0 Å². The Kier molecular flexibility index (Phi) is 5.04. The summed E-state index contributed by atoms with van der Waals surface area (Å²) >= 11 is 6.22. The Labute approximate surface area is 188 Å². The molecule has 1 spiro atoms. The van der Waals surface area contributed by atoms with Crippen molar-refractivity contribution in [2.24, 2.45) is 0 Å². The molecule has 0 atom stereocenters. The van der Waals surface area contributed by atoms with Gasteiger partial charge in [0.1, 0.15) is 6.07 Å². The maximum atomic E-state index is 13.0. The largest absolute Gasteiger partial charge is 0.369 e. The van der Waals surface area contributed by atoms with E-state index in [-0.39, 0.29) is 11.4 Å². The van der Waals surface area contributed by atoms with E-state index in [1.54, 1.807) is 6.07 Å². The minimum absolute atomic E-state index is 0.00686. The molecule has 3 aliphatic rings. The molecule has 3 saturated heterocycles. The van der Waals surface area contributed by atoms with Gasteiger partial charge in [0.2, 0.25) is 0 Å². The van der Waals surface area contributed by atoms with Gasteiger partial charge in [0, 0.05) is 62.8 Å². The van der Waals surface area contributed by atoms with Crippen molar-refractivity contribution < 1.29 is 4.79 Å². The molecule has 1 amide bonds. The number of rotatable bonds is 3. The monoisotopic (exact) mass is 435 g/mol. The number of amides is 1. The Hall–Kier alpha value is -2.75. The van der Waals surface area contributed by atoms with Crippen LogP contribution in [0.5, 0.6) is 0 Å². The van der Waals surface area contributed by atoms with Crippen LogP contribution >= 0.6 is 11.6 Å². The molecule has 0 bridgehead atoms. The summed E-state index contributed by atoms with van der Waals surface area (Å²) in [6.45, 7) is 6.58. The first-order valence-electron chi connectivity index (χ1n) is 10.8. The fourth-order valence-corrected chi connectivity index (χ4v) is 5.12. The SMILES string of the molecule is CN1CCN(c2ccc(C(=O)N3CC4(CCN4c4ccc(C#N)c(Cl)c4)C3)cc2)CC1. The molecule has 7 heteroatoms. The number of carbonyl (C=O) groups excluding carboxylic acids is 1. The molecule has 2 aromatic rings. The third-order valence-corrected chi connectivity index (χ3v) is 7.31. The Bertz CT molecular complexity index is 1030. The van der Waals surface area contributed by atoms with E-state index in [4.69, 9.17) is 16.9 Å². The van der Waals surface area contributed by atoms with Crippen molar-refractivity contribution in [3.05, 3.63) is 58.6 Å². The van der Waals surface area contributed by atoms with E-state index in [1.807, 2.05) is 29.2 Å². The second kappa shape index (κ2) is 7.74. The fourth-order valence-electron chi connectivity index (χ4n) is 4.90. The molecule has 31 heavy (non-hydrogen) atoms. The highest BCUT2D eigenvalue weighted by Gasteiger charge is 2.54. The van der Waals surface area contributed by atoms with Crippen molar-refractivity contribution in [1.29, 1.82) is 5.26 Å². The van der Waals surface area contributed by atoms with E-state index in [0.717, 1.165) is 63.5 Å². The van der Waals surface area contributed by atoms with E-state index in [9.17, 15) is 4.79 Å². The first-order chi connectivity index (χ1) is 15.0. The molecule has 0 saturated carbocycles. The molecule has 0 radical (unpaired) electrons. The number of piperazine rings is 1. The highest BCUT2D eigenvalue weighted by atomic mass is 35.5. The Balaban J connectivity index is 1.22. The first kappa shape index (κ1) is 20.2. The second-order valence-corrected chi connectivity index (χ2v) is 9.31. The van der Waals surface area contributed by atoms with Crippen LogP contribution in [0.25, 0.3) is 0 Å². The number of likely N-dealkylation sites (N-methyl/N-ethyl adjacent to an activating group) is 1. The molecule has 0 N–H and O–H groups in total. The molecule has 0 unspecified atom stereocenters. The Morgan fingerprint density at radius 1 is 1.00 bits per heavy atom. The summed E-state index contributed by atoms with van der Waals surface area (Å²) < 4.78 is 0. The van der Waals surface area contributed by atoms with Gasteiger partial charge in [-0.25, -0.2) is 0 Å². The van der Waals surface area contributed by atoms with E-state index >= 15 is 0 Å². The van der Waals surface area contributed by atoms with Gasteiger partial charge in [0.15, 0.2) is 0 Å². The second-order valence-electron chi connectivity index (χ2n) is 8.90. The van der Waals surface area contributed by atoms with Crippen LogP contribution in [0.1, 0.15) is 22.3 Å². The van der Waals surface area contributed by atoms with Gasteiger partial charge < -0.3 is 19.6 Å². The van der Waals surface area contributed by atoms with Gasteiger partial charge in [-0.15, -0.1) is 0 Å². The maximum Gasteiger partial charge on any atom is 0.254 e. The molecule has 6 nitrogen and oxygen atoms in total. The molecule has 0 aliphatic carbocycles. The summed E-state index contributed by atoms with van der Waals surface area (Å²) in [6.07, 6.45) is 1.07. The average Bonchev–Trinajstić information content (AvgIpc) is 2.73. The number of anilines is 2. The molecule has 3 heterocycles. The van der Waals surface area contributed by atoms with Gasteiger partial charge in [-0.3, -0.25) is 4.79 Å². The van der Waals surface area contributed by atoms with Crippen molar-refractivity contribution in [2.75, 3.05) is 62.7 Å². The van der Waals surface area contributed by atoms with Crippen molar-refractivity contribution in [1.82, 2.24) is 9.80 Å². The predicted octanol–water partition coefficient (Wildman–Crippen LogP) is 3.07. The summed E-state index contributed by atoms with van der Waals surface area (Å²) in [6, 6.07) is 15.8. The van der Waals surface area contributed by atoms with Crippen molar-refractivity contribution in [3.8, 4) is 6.07 Å². The first-order valence-corrected chi connectivity index (χ1v) is 11.2. The zero-order chi connectivity index (χ0) is 21.6. The molecule has 5 rings (SSSR count). The predicted molar refractivity (Wildman–Crippen MR) is 123 cm³/mol. The summed E-state index contributed by atoms with van der Waals surface area (Å²) in [4.78, 5) is 22.0. The highest BCUT2D eigenvalue weighted by molar-refractivity contribution is 6.32. The van der Waals surface area contributed by atoms with Crippen molar-refractivity contribution in [2.45, 2.75) is 12.0 Å². The lowest BCUT2D eigenvalue weighted by atomic mass is 9.76. The number of nitriles is 1. The highest BCUT2D eigenvalue weighted by Crippen LogP contribution is 2.43. The van der Waals surface area contributed by atoms with Crippen molar-refractivity contribution >= 4 is 28.9 Å². The molecular formula is C24H26ClN5O. The lowest BCUT2D eigenvalue weighted by Gasteiger charge is -2.63. The van der Waals surface area contributed by atoms with Crippen LogP contribution in [0.3, 0.4) is 0 Å². The smallest absolute Gasteiger partial charge is 0.254 e. The standard InChI is InChI=1S/C24H26ClN5O/c1-27-10-12-28(13-11-27)20-5-2-18(3-6-20)23(31)29-16-24(17-29)8-9-30(24)21-7-4-19(15-26)22(25)14-21/h2-7,14H,8-13,16-17H2,1H3. The van der Waals surface area contributed by atoms with Crippen LogP contribution in [0.4, 0.5) is 11.4 Å². The normalized spacial score (nSPS) is 20.2. The number of carbonyl (C=O) groups is 1. The third-order valence-electron chi connectivity index (χ3n) is 7.00. The quantitative estimate of drug-likeness (QED) is 0.741. The summed E-state index contributed by atoms with van der Waals surface area (Å²) in [5.41, 5.74) is 3.46. The van der Waals surface area contributed by atoms with E-state index in [2.05, 4.69) is 39.9 Å². The van der Waals surface area contributed by atoms with Crippen LogP contribution in [-0.4, -0.2) is 74.1 Å². The lowest BCUT2D eigenvalue weighted by Crippen LogP contribution is -2.77. The molecular weight excluding hydrogens is 410 g/mol. The van der Waals surface area contributed by atoms with Crippen molar-refractivity contribution in [3.63, 3.8) is 0 Å². The number of hydrogen-bond acceptors (Lipinski definition) is 5. The minimum atomic E-state index is 0.00686. The zero-order valence-electron chi connectivity index (χ0n) is 17.7. The molecule has 0 aromatic heterocycles. The number of hydrogen-bond donors (Lipinski definition) is 0. The summed E-state index contributed by atoms with van der Waals surface area (Å²) in [5, 5.41) is 9.57. The van der Waals surface area contributed by atoms with E-state index in [0.29, 0.717) is 10.6 Å². The van der Waals surface area contributed by atoms with Crippen LogP contribution < -0.4 is 9.80 Å². The molecule has 2 aromatic carbocycles. The topological polar surface area (TPSA) is 53.8 Å². The third kappa shape index (κ3) is 3.52. The van der Waals surface area contributed by atoms with Crippen LogP contribution in [-0.2, 0) is 0 Å². The Morgan fingerprint density at radius 2 is 1.68 bits per heavy atom. The minimum Gasteiger partial charge on any atom is -0.369 e. The van der Waals surface area contributed by atoms with Gasteiger partial charge in [0.05, 0.1) is 16.1 Å². The maximum absolute atomic E-state index is 13.0.